The van der Waals surface area contributed by atoms with E-state index in [2.05, 4.69) is 41.5 Å². The SMILES string of the molecule is CC(C)(C)CCC[C@H]1O[C@H](CO)[C@@H](O)[C@H](O)[C@@H]1O.C[C@@H]1O[C@@H](CCCC(C)(C)C)[C@@H](O)[C@H](O)[C@@H]1O. The summed E-state index contributed by atoms with van der Waals surface area (Å²) in [4.78, 5) is 0. The third-order valence-corrected chi connectivity index (χ3v) is 6.77. The Hall–Kier alpha value is -0.360. The van der Waals surface area contributed by atoms with Gasteiger partial charge in [-0.2, -0.15) is 0 Å². The molecule has 0 saturated carbocycles. The molecule has 2 fully saturated rings. The average Bonchev–Trinajstić information content (AvgIpc) is 2.74. The van der Waals surface area contributed by atoms with Crippen LogP contribution >= 0.6 is 0 Å². The predicted octanol–water partition coefficient (Wildman–Crippen LogP) is 1.12. The lowest BCUT2D eigenvalue weighted by molar-refractivity contribution is -0.230. The van der Waals surface area contributed by atoms with Crippen molar-refractivity contribution in [1.29, 1.82) is 0 Å². The maximum absolute atomic E-state index is 9.83. The smallest absolute Gasteiger partial charge is 0.111 e. The minimum Gasteiger partial charge on any atom is -0.394 e. The molecule has 0 bridgehead atoms. The van der Waals surface area contributed by atoms with Gasteiger partial charge in [0.2, 0.25) is 0 Å². The molecule has 0 amide bonds. The van der Waals surface area contributed by atoms with Gasteiger partial charge in [-0.05, 0) is 43.4 Å². The molecule has 7 N–H and O–H groups in total. The molecule has 0 unspecified atom stereocenters. The second-order valence-electron chi connectivity index (χ2n) is 12.6. The fraction of sp³-hybridized carbons (Fsp3) is 1.00. The molecule has 0 spiro atoms. The Bertz CT molecular complexity index is 586. The number of hydrogen-bond donors (Lipinski definition) is 7. The normalized spacial score (nSPS) is 38.6. The Morgan fingerprint density at radius 1 is 0.543 bits per heavy atom. The summed E-state index contributed by atoms with van der Waals surface area (Å²) >= 11 is 0. The van der Waals surface area contributed by atoms with Crippen LogP contribution in [0.3, 0.4) is 0 Å². The third kappa shape index (κ3) is 10.9. The zero-order valence-electron chi connectivity index (χ0n) is 22.7. The van der Waals surface area contributed by atoms with Gasteiger partial charge in [-0.3, -0.25) is 0 Å². The fourth-order valence-corrected chi connectivity index (χ4v) is 4.46. The first-order chi connectivity index (χ1) is 16.0. The van der Waals surface area contributed by atoms with E-state index in [9.17, 15) is 30.6 Å². The summed E-state index contributed by atoms with van der Waals surface area (Å²) in [5, 5.41) is 67.2. The zero-order valence-corrected chi connectivity index (χ0v) is 22.7. The minimum atomic E-state index is -1.25. The summed E-state index contributed by atoms with van der Waals surface area (Å²) in [7, 11) is 0. The van der Waals surface area contributed by atoms with Crippen LogP contribution in [-0.2, 0) is 9.47 Å². The molecule has 2 rings (SSSR count). The number of rotatable bonds is 7. The molecule has 0 radical (unpaired) electrons. The monoisotopic (exact) mass is 508 g/mol. The summed E-state index contributed by atoms with van der Waals surface area (Å²) in [5.41, 5.74) is 0.484. The maximum atomic E-state index is 9.83. The Balaban J connectivity index is 0.000000351. The molecule has 0 aromatic carbocycles. The van der Waals surface area contributed by atoms with Gasteiger partial charge in [0.05, 0.1) is 24.9 Å². The number of aliphatic hydroxyl groups is 7. The first kappa shape index (κ1) is 32.7. The van der Waals surface area contributed by atoms with Crippen LogP contribution in [0.5, 0.6) is 0 Å². The van der Waals surface area contributed by atoms with Gasteiger partial charge in [0.25, 0.3) is 0 Å². The number of hydrogen-bond acceptors (Lipinski definition) is 9. The molecule has 35 heavy (non-hydrogen) atoms. The van der Waals surface area contributed by atoms with E-state index in [0.717, 1.165) is 25.7 Å². The van der Waals surface area contributed by atoms with E-state index in [-0.39, 0.29) is 23.5 Å². The first-order valence-corrected chi connectivity index (χ1v) is 13.0. The lowest BCUT2D eigenvalue weighted by atomic mass is 9.87. The highest BCUT2D eigenvalue weighted by Gasteiger charge is 2.43. The molecule has 0 aromatic rings. The highest BCUT2D eigenvalue weighted by molar-refractivity contribution is 4.92. The van der Waals surface area contributed by atoms with Gasteiger partial charge in [-0.1, -0.05) is 54.4 Å². The van der Waals surface area contributed by atoms with E-state index in [4.69, 9.17) is 14.6 Å². The van der Waals surface area contributed by atoms with E-state index < -0.39 is 54.9 Å². The second kappa shape index (κ2) is 14.0. The molecule has 0 aromatic heterocycles. The van der Waals surface area contributed by atoms with Gasteiger partial charge in [-0.25, -0.2) is 0 Å². The van der Waals surface area contributed by atoms with E-state index in [0.29, 0.717) is 12.8 Å². The van der Waals surface area contributed by atoms with E-state index >= 15 is 0 Å². The second-order valence-corrected chi connectivity index (χ2v) is 12.6. The third-order valence-electron chi connectivity index (χ3n) is 6.77. The molecular weight excluding hydrogens is 456 g/mol. The van der Waals surface area contributed by atoms with Gasteiger partial charge in [0.15, 0.2) is 0 Å². The van der Waals surface area contributed by atoms with Crippen LogP contribution < -0.4 is 0 Å². The quantitative estimate of drug-likeness (QED) is 0.267. The molecule has 2 heterocycles. The standard InChI is InChI=1S/C13H26O5.C13H26O4/c1-13(2,3)6-4-5-8-10(15)12(17)11(16)9(7-14)18-8;1-8-10(14)12(16)11(15)9(17-8)6-5-7-13(2,3)4/h8-12,14-17H,4-7H2,1-3H3;8-12,14-16H,5-7H2,1-4H3/t8-,9-,10-,11-,12-;8-,9-,10+,11+,12+/m10/s1. The molecular formula is C26H52O9. The molecule has 10 atom stereocenters. The van der Waals surface area contributed by atoms with Crippen LogP contribution in [0.1, 0.15) is 87.0 Å². The van der Waals surface area contributed by atoms with Crippen LogP contribution in [0.15, 0.2) is 0 Å². The summed E-state index contributed by atoms with van der Waals surface area (Å²) in [6, 6.07) is 0. The van der Waals surface area contributed by atoms with Gasteiger partial charge in [0, 0.05) is 0 Å². The highest BCUT2D eigenvalue weighted by Crippen LogP contribution is 2.29. The minimum absolute atomic E-state index is 0.216. The predicted molar refractivity (Wildman–Crippen MR) is 133 cm³/mol. The molecule has 9 nitrogen and oxygen atoms in total. The van der Waals surface area contributed by atoms with Crippen LogP contribution in [0, 0.1) is 10.8 Å². The first-order valence-electron chi connectivity index (χ1n) is 13.0. The van der Waals surface area contributed by atoms with Crippen molar-refractivity contribution >= 4 is 0 Å². The summed E-state index contributed by atoms with van der Waals surface area (Å²) in [6.45, 7) is 14.3. The molecule has 0 aliphatic carbocycles. The number of aliphatic hydroxyl groups excluding tert-OH is 7. The average molecular weight is 509 g/mol. The van der Waals surface area contributed by atoms with Crippen molar-refractivity contribution in [3.8, 4) is 0 Å². The Morgan fingerprint density at radius 2 is 0.914 bits per heavy atom. The fourth-order valence-electron chi connectivity index (χ4n) is 4.46. The van der Waals surface area contributed by atoms with Crippen LogP contribution in [0.2, 0.25) is 0 Å². The van der Waals surface area contributed by atoms with Crippen molar-refractivity contribution in [3.63, 3.8) is 0 Å². The maximum Gasteiger partial charge on any atom is 0.111 e. The van der Waals surface area contributed by atoms with Crippen molar-refractivity contribution in [2.24, 2.45) is 10.8 Å². The zero-order chi connectivity index (χ0) is 27.1. The topological polar surface area (TPSA) is 160 Å². The van der Waals surface area contributed by atoms with Crippen molar-refractivity contribution in [2.75, 3.05) is 6.61 Å². The lowest BCUT2D eigenvalue weighted by Crippen LogP contribution is -2.58. The molecule has 2 aliphatic rings. The summed E-state index contributed by atoms with van der Waals surface area (Å²) < 4.78 is 11.0. The molecule has 2 saturated heterocycles. The van der Waals surface area contributed by atoms with E-state index in [1.54, 1.807) is 6.92 Å². The van der Waals surface area contributed by atoms with Gasteiger partial charge >= 0.3 is 0 Å². The Morgan fingerprint density at radius 3 is 1.31 bits per heavy atom. The Labute approximate surface area is 211 Å². The van der Waals surface area contributed by atoms with E-state index in [1.807, 2.05) is 0 Å². The van der Waals surface area contributed by atoms with Crippen molar-refractivity contribution in [1.82, 2.24) is 0 Å². The summed E-state index contributed by atoms with van der Waals surface area (Å²) in [5.74, 6) is 0. The molecule has 9 heteroatoms. The van der Waals surface area contributed by atoms with Crippen molar-refractivity contribution in [3.05, 3.63) is 0 Å². The lowest BCUT2D eigenvalue weighted by Gasteiger charge is -2.40. The van der Waals surface area contributed by atoms with Gasteiger partial charge in [0.1, 0.15) is 42.7 Å². The van der Waals surface area contributed by atoms with Crippen LogP contribution in [0.4, 0.5) is 0 Å². The number of ether oxygens (including phenoxy) is 2. The van der Waals surface area contributed by atoms with Crippen LogP contribution in [0.25, 0.3) is 0 Å². The van der Waals surface area contributed by atoms with Gasteiger partial charge in [-0.15, -0.1) is 0 Å². The molecule has 210 valence electrons. The molecule has 2 aliphatic heterocycles. The van der Waals surface area contributed by atoms with Crippen LogP contribution in [-0.4, -0.2) is 103 Å². The van der Waals surface area contributed by atoms with Crippen molar-refractivity contribution < 1.29 is 45.2 Å². The van der Waals surface area contributed by atoms with Crippen molar-refractivity contribution in [2.45, 2.75) is 148 Å². The Kier molecular flexibility index (Phi) is 13.0. The largest absolute Gasteiger partial charge is 0.394 e. The highest BCUT2D eigenvalue weighted by atomic mass is 16.5. The van der Waals surface area contributed by atoms with E-state index in [1.165, 1.54) is 0 Å². The summed E-state index contributed by atoms with van der Waals surface area (Å²) in [6.07, 6.45) is -3.62. The van der Waals surface area contributed by atoms with Gasteiger partial charge < -0.3 is 45.2 Å².